The molecule has 2 aromatic rings. The summed E-state index contributed by atoms with van der Waals surface area (Å²) in [4.78, 5) is 16.6. The number of unbranched alkanes of at least 4 members (excludes halogenated alkanes) is 7. The molecule has 0 amide bonds. The molecule has 0 aliphatic heterocycles. The van der Waals surface area contributed by atoms with E-state index in [2.05, 4.69) is 11.9 Å². The van der Waals surface area contributed by atoms with Crippen LogP contribution >= 0.6 is 0 Å². The molecule has 0 aliphatic carbocycles. The van der Waals surface area contributed by atoms with Crippen LogP contribution in [0.25, 0.3) is 0 Å². The predicted molar refractivity (Wildman–Crippen MR) is 146 cm³/mol. The lowest BCUT2D eigenvalue weighted by molar-refractivity contribution is 0.0164. The number of ether oxygens (including phenoxy) is 4. The van der Waals surface area contributed by atoms with Gasteiger partial charge in [0.05, 0.1) is 37.7 Å². The molecule has 36 heavy (non-hydrogen) atoms. The Bertz CT molecular complexity index is 849. The van der Waals surface area contributed by atoms with Crippen molar-refractivity contribution < 1.29 is 23.7 Å². The summed E-state index contributed by atoms with van der Waals surface area (Å²) < 4.78 is 21.6. The van der Waals surface area contributed by atoms with Gasteiger partial charge in [-0.3, -0.25) is 4.99 Å². The summed E-state index contributed by atoms with van der Waals surface area (Å²) in [7, 11) is 0. The van der Waals surface area contributed by atoms with Gasteiger partial charge in [0, 0.05) is 12.8 Å². The van der Waals surface area contributed by atoms with Crippen molar-refractivity contribution in [3.05, 3.63) is 59.7 Å². The highest BCUT2D eigenvalue weighted by Crippen LogP contribution is 2.19. The van der Waals surface area contributed by atoms with E-state index in [1.54, 1.807) is 18.3 Å². The van der Waals surface area contributed by atoms with Gasteiger partial charge in [-0.25, -0.2) is 4.79 Å². The van der Waals surface area contributed by atoms with Gasteiger partial charge in [0.1, 0.15) is 12.4 Å². The van der Waals surface area contributed by atoms with Crippen molar-refractivity contribution in [3.63, 3.8) is 0 Å². The molecular formula is C30H43NO5. The second-order valence-corrected chi connectivity index (χ2v) is 8.64. The molecule has 0 unspecified atom stereocenters. The van der Waals surface area contributed by atoms with Crippen molar-refractivity contribution in [3.8, 4) is 5.75 Å². The van der Waals surface area contributed by atoms with E-state index >= 15 is 0 Å². The molecule has 0 aliphatic rings. The Labute approximate surface area is 217 Å². The Morgan fingerprint density at radius 1 is 0.722 bits per heavy atom. The highest BCUT2D eigenvalue weighted by molar-refractivity contribution is 5.91. The molecule has 0 aromatic heterocycles. The quantitative estimate of drug-likeness (QED) is 0.110. The van der Waals surface area contributed by atoms with Crippen LogP contribution in [0.4, 0.5) is 5.69 Å². The van der Waals surface area contributed by atoms with Crippen LogP contribution in [0.2, 0.25) is 0 Å². The summed E-state index contributed by atoms with van der Waals surface area (Å²) >= 11 is 0. The molecule has 0 fully saturated rings. The Kier molecular flexibility index (Phi) is 16.0. The van der Waals surface area contributed by atoms with E-state index < -0.39 is 0 Å². The fraction of sp³-hybridized carbons (Fsp3) is 0.533. The molecule has 0 bridgehead atoms. The number of rotatable bonds is 20. The zero-order chi connectivity index (χ0) is 25.7. The first-order chi connectivity index (χ1) is 17.7. The molecule has 0 spiro atoms. The number of aliphatic imine (C=N–C) groups is 1. The Hall–Kier alpha value is -2.70. The number of carbonyl (C=O) groups excluding carboxylic acids is 1. The molecular weight excluding hydrogens is 454 g/mol. The van der Waals surface area contributed by atoms with Gasteiger partial charge < -0.3 is 18.9 Å². The minimum absolute atomic E-state index is 0.215. The van der Waals surface area contributed by atoms with Crippen LogP contribution in [0.3, 0.4) is 0 Å². The van der Waals surface area contributed by atoms with Crippen LogP contribution < -0.4 is 4.74 Å². The number of hydrogen-bond acceptors (Lipinski definition) is 6. The normalized spacial score (nSPS) is 11.2. The number of carbonyl (C=O) groups is 1. The SMILES string of the molecule is CCCCCCCCCCOc1ccc(N=Cc2ccc(C(=O)OCCOCCOCC)cc2)cc1. The van der Waals surface area contributed by atoms with Crippen molar-refractivity contribution in [2.75, 3.05) is 39.6 Å². The number of benzene rings is 2. The van der Waals surface area contributed by atoms with E-state index in [-0.39, 0.29) is 12.6 Å². The van der Waals surface area contributed by atoms with Crippen molar-refractivity contribution in [1.29, 1.82) is 0 Å². The highest BCUT2D eigenvalue weighted by atomic mass is 16.6. The zero-order valence-electron chi connectivity index (χ0n) is 22.1. The number of hydrogen-bond donors (Lipinski definition) is 0. The lowest BCUT2D eigenvalue weighted by Gasteiger charge is -2.07. The standard InChI is InChI=1S/C30H43NO5/c1-3-5-6-7-8-9-10-11-20-35-29-18-16-28(17-19-29)31-25-26-12-14-27(15-13-26)30(32)36-24-23-34-22-21-33-4-2/h12-19,25H,3-11,20-24H2,1-2H3. The van der Waals surface area contributed by atoms with Crippen LogP contribution in [-0.4, -0.2) is 51.8 Å². The Morgan fingerprint density at radius 2 is 1.36 bits per heavy atom. The maximum Gasteiger partial charge on any atom is 0.338 e. The number of nitrogens with zero attached hydrogens (tertiary/aromatic N) is 1. The first kappa shape index (κ1) is 29.5. The van der Waals surface area contributed by atoms with Gasteiger partial charge in [0.15, 0.2) is 0 Å². The minimum Gasteiger partial charge on any atom is -0.494 e. The van der Waals surface area contributed by atoms with Gasteiger partial charge in [-0.05, 0) is 55.3 Å². The average molecular weight is 498 g/mol. The van der Waals surface area contributed by atoms with Gasteiger partial charge in [-0.15, -0.1) is 0 Å². The van der Waals surface area contributed by atoms with E-state index in [0.29, 0.717) is 32.0 Å². The molecule has 0 heterocycles. The van der Waals surface area contributed by atoms with Crippen molar-refractivity contribution in [2.45, 2.75) is 65.2 Å². The molecule has 0 atom stereocenters. The van der Waals surface area contributed by atoms with Crippen LogP contribution in [0.1, 0.15) is 81.1 Å². The fourth-order valence-electron chi connectivity index (χ4n) is 3.55. The third-order valence-corrected chi connectivity index (χ3v) is 5.65. The number of esters is 1. The van der Waals surface area contributed by atoms with Crippen LogP contribution in [0.15, 0.2) is 53.5 Å². The monoisotopic (exact) mass is 497 g/mol. The smallest absolute Gasteiger partial charge is 0.338 e. The molecule has 0 saturated carbocycles. The Morgan fingerprint density at radius 3 is 2.06 bits per heavy atom. The molecule has 6 heteroatoms. The zero-order valence-corrected chi connectivity index (χ0v) is 22.1. The summed E-state index contributed by atoms with van der Waals surface area (Å²) in [6.07, 6.45) is 12.1. The molecule has 0 radical (unpaired) electrons. The van der Waals surface area contributed by atoms with E-state index in [9.17, 15) is 4.79 Å². The van der Waals surface area contributed by atoms with Gasteiger partial charge in [-0.2, -0.15) is 0 Å². The third-order valence-electron chi connectivity index (χ3n) is 5.65. The lowest BCUT2D eigenvalue weighted by atomic mass is 10.1. The first-order valence-electron chi connectivity index (χ1n) is 13.4. The van der Waals surface area contributed by atoms with E-state index in [1.807, 2.05) is 43.3 Å². The maximum atomic E-state index is 12.1. The van der Waals surface area contributed by atoms with Gasteiger partial charge in [-0.1, -0.05) is 64.0 Å². The molecule has 2 aromatic carbocycles. The predicted octanol–water partition coefficient (Wildman–Crippen LogP) is 7.17. The summed E-state index contributed by atoms with van der Waals surface area (Å²) in [5.74, 6) is 0.508. The maximum absolute atomic E-state index is 12.1. The fourth-order valence-corrected chi connectivity index (χ4v) is 3.55. The topological polar surface area (TPSA) is 66.4 Å². The average Bonchev–Trinajstić information content (AvgIpc) is 2.91. The van der Waals surface area contributed by atoms with Gasteiger partial charge >= 0.3 is 5.97 Å². The highest BCUT2D eigenvalue weighted by Gasteiger charge is 2.06. The van der Waals surface area contributed by atoms with Crippen molar-refractivity contribution in [2.24, 2.45) is 4.99 Å². The molecule has 6 nitrogen and oxygen atoms in total. The molecule has 198 valence electrons. The summed E-state index contributed by atoms with van der Waals surface area (Å²) in [5.41, 5.74) is 2.25. The largest absolute Gasteiger partial charge is 0.494 e. The van der Waals surface area contributed by atoms with Crippen molar-refractivity contribution in [1.82, 2.24) is 0 Å². The summed E-state index contributed by atoms with van der Waals surface area (Å²) in [5, 5.41) is 0. The molecule has 0 saturated heterocycles. The van der Waals surface area contributed by atoms with Crippen LogP contribution in [-0.2, 0) is 14.2 Å². The van der Waals surface area contributed by atoms with Gasteiger partial charge in [0.2, 0.25) is 0 Å². The Balaban J connectivity index is 1.63. The summed E-state index contributed by atoms with van der Waals surface area (Å²) in [6.45, 7) is 7.22. The van der Waals surface area contributed by atoms with E-state index in [1.165, 1.54) is 44.9 Å². The lowest BCUT2D eigenvalue weighted by Crippen LogP contribution is -2.13. The van der Waals surface area contributed by atoms with Crippen LogP contribution in [0, 0.1) is 0 Å². The van der Waals surface area contributed by atoms with E-state index in [0.717, 1.165) is 30.0 Å². The van der Waals surface area contributed by atoms with Crippen molar-refractivity contribution >= 4 is 17.9 Å². The van der Waals surface area contributed by atoms with Gasteiger partial charge in [0.25, 0.3) is 0 Å². The molecule has 0 N–H and O–H groups in total. The molecule has 2 rings (SSSR count). The van der Waals surface area contributed by atoms with E-state index in [4.69, 9.17) is 18.9 Å². The first-order valence-corrected chi connectivity index (χ1v) is 13.4. The summed E-state index contributed by atoms with van der Waals surface area (Å²) in [6, 6.07) is 15.0. The minimum atomic E-state index is -0.366. The van der Waals surface area contributed by atoms with Crippen LogP contribution in [0.5, 0.6) is 5.75 Å². The second-order valence-electron chi connectivity index (χ2n) is 8.64. The third kappa shape index (κ3) is 13.4. The second kappa shape index (κ2) is 19.5.